The number of H-pyrrole nitrogens is 1. The molecular formula is C13H15N3O3S. The standard InChI is InChI=1S/C13H15N3O3S/c1-2-19-11-4-8(3-9(14)5-11)12(17)15-6-10-7-20-13(18)16-10/h3-5,7H,2,6,14H2,1H3,(H,15,17)(H,16,18). The fourth-order valence-corrected chi connectivity index (χ4v) is 2.26. The molecule has 0 saturated heterocycles. The number of anilines is 1. The maximum absolute atomic E-state index is 12.0. The highest BCUT2D eigenvalue weighted by molar-refractivity contribution is 7.07. The molecule has 0 fully saturated rings. The van der Waals surface area contributed by atoms with Crippen molar-refractivity contribution in [2.24, 2.45) is 0 Å². The topological polar surface area (TPSA) is 97.2 Å². The molecule has 6 nitrogen and oxygen atoms in total. The van der Waals surface area contributed by atoms with Gasteiger partial charge in [0.05, 0.1) is 13.2 Å². The lowest BCUT2D eigenvalue weighted by molar-refractivity contribution is 0.0950. The number of nitrogens with two attached hydrogens (primary N) is 1. The Kier molecular flexibility index (Phi) is 4.41. The van der Waals surface area contributed by atoms with Gasteiger partial charge in [0.2, 0.25) is 0 Å². The minimum Gasteiger partial charge on any atom is -0.494 e. The maximum Gasteiger partial charge on any atom is 0.304 e. The number of nitrogen functional groups attached to an aromatic ring is 1. The summed E-state index contributed by atoms with van der Waals surface area (Å²) in [6.07, 6.45) is 0. The number of hydrogen-bond acceptors (Lipinski definition) is 5. The van der Waals surface area contributed by atoms with Crippen LogP contribution >= 0.6 is 11.3 Å². The van der Waals surface area contributed by atoms with Crippen molar-refractivity contribution in [3.8, 4) is 5.75 Å². The SMILES string of the molecule is CCOc1cc(N)cc(C(=O)NCc2csc(=O)[nH]2)c1. The molecule has 2 aromatic rings. The summed E-state index contributed by atoms with van der Waals surface area (Å²) in [5.41, 5.74) is 7.29. The van der Waals surface area contributed by atoms with Gasteiger partial charge < -0.3 is 20.8 Å². The van der Waals surface area contributed by atoms with Crippen LogP contribution in [0.1, 0.15) is 23.0 Å². The van der Waals surface area contributed by atoms with Crippen LogP contribution in [0.5, 0.6) is 5.75 Å². The van der Waals surface area contributed by atoms with Gasteiger partial charge in [0.1, 0.15) is 5.75 Å². The smallest absolute Gasteiger partial charge is 0.304 e. The number of carbonyl (C=O) groups is 1. The number of benzene rings is 1. The van der Waals surface area contributed by atoms with Crippen LogP contribution in [-0.4, -0.2) is 17.5 Å². The first-order valence-electron chi connectivity index (χ1n) is 6.06. The highest BCUT2D eigenvalue weighted by Crippen LogP contribution is 2.19. The third-order valence-electron chi connectivity index (χ3n) is 2.51. The lowest BCUT2D eigenvalue weighted by atomic mass is 10.1. The Morgan fingerprint density at radius 3 is 2.90 bits per heavy atom. The Balaban J connectivity index is 2.06. The second-order valence-corrected chi connectivity index (χ2v) is 4.92. The van der Waals surface area contributed by atoms with E-state index in [4.69, 9.17) is 10.5 Å². The number of aromatic amines is 1. The van der Waals surface area contributed by atoms with Crippen molar-refractivity contribution in [1.82, 2.24) is 10.3 Å². The Hall–Kier alpha value is -2.28. The molecule has 20 heavy (non-hydrogen) atoms. The molecule has 0 aliphatic carbocycles. The predicted molar refractivity (Wildman–Crippen MR) is 78.1 cm³/mol. The van der Waals surface area contributed by atoms with Crippen LogP contribution in [0.25, 0.3) is 0 Å². The van der Waals surface area contributed by atoms with Gasteiger partial charge in [-0.25, -0.2) is 0 Å². The summed E-state index contributed by atoms with van der Waals surface area (Å²) in [5, 5.41) is 4.39. The summed E-state index contributed by atoms with van der Waals surface area (Å²) in [4.78, 5) is 25.5. The number of thiazole rings is 1. The average Bonchev–Trinajstić information content (AvgIpc) is 2.81. The molecule has 0 aliphatic heterocycles. The van der Waals surface area contributed by atoms with Crippen molar-refractivity contribution in [3.05, 3.63) is 44.5 Å². The van der Waals surface area contributed by atoms with E-state index in [-0.39, 0.29) is 17.3 Å². The monoisotopic (exact) mass is 293 g/mol. The number of aromatic nitrogens is 1. The summed E-state index contributed by atoms with van der Waals surface area (Å²) < 4.78 is 5.34. The second kappa shape index (κ2) is 6.25. The molecule has 106 valence electrons. The quantitative estimate of drug-likeness (QED) is 0.725. The summed E-state index contributed by atoms with van der Waals surface area (Å²) >= 11 is 1.06. The number of rotatable bonds is 5. The highest BCUT2D eigenvalue weighted by Gasteiger charge is 2.09. The molecule has 2 rings (SSSR count). The van der Waals surface area contributed by atoms with E-state index in [9.17, 15) is 9.59 Å². The molecule has 7 heteroatoms. The van der Waals surface area contributed by atoms with Crippen LogP contribution in [0.15, 0.2) is 28.4 Å². The first-order valence-corrected chi connectivity index (χ1v) is 6.94. The van der Waals surface area contributed by atoms with Crippen LogP contribution in [-0.2, 0) is 6.54 Å². The first-order chi connectivity index (χ1) is 9.58. The van der Waals surface area contributed by atoms with Crippen LogP contribution in [0.2, 0.25) is 0 Å². The fourth-order valence-electron chi connectivity index (χ4n) is 1.68. The minimum absolute atomic E-state index is 0.142. The van der Waals surface area contributed by atoms with E-state index < -0.39 is 0 Å². The van der Waals surface area contributed by atoms with E-state index in [0.29, 0.717) is 29.3 Å². The Morgan fingerprint density at radius 2 is 2.25 bits per heavy atom. The summed E-state index contributed by atoms with van der Waals surface area (Å²) in [6, 6.07) is 4.87. The van der Waals surface area contributed by atoms with E-state index in [1.165, 1.54) is 0 Å². The molecule has 1 aromatic carbocycles. The zero-order chi connectivity index (χ0) is 14.5. The molecule has 1 aromatic heterocycles. The van der Waals surface area contributed by atoms with Crippen LogP contribution in [0, 0.1) is 0 Å². The van der Waals surface area contributed by atoms with E-state index in [2.05, 4.69) is 10.3 Å². The number of amides is 1. The van der Waals surface area contributed by atoms with Gasteiger partial charge in [-0.3, -0.25) is 9.59 Å². The largest absolute Gasteiger partial charge is 0.494 e. The van der Waals surface area contributed by atoms with Crippen LogP contribution in [0.3, 0.4) is 0 Å². The van der Waals surface area contributed by atoms with Crippen molar-refractivity contribution in [2.75, 3.05) is 12.3 Å². The van der Waals surface area contributed by atoms with Gasteiger partial charge in [0.25, 0.3) is 5.91 Å². The normalized spacial score (nSPS) is 10.2. The van der Waals surface area contributed by atoms with E-state index >= 15 is 0 Å². The lowest BCUT2D eigenvalue weighted by Gasteiger charge is -2.08. The average molecular weight is 293 g/mol. The van der Waals surface area contributed by atoms with Gasteiger partial charge in [-0.2, -0.15) is 0 Å². The summed E-state index contributed by atoms with van der Waals surface area (Å²) in [6.45, 7) is 2.62. The van der Waals surface area contributed by atoms with Crippen molar-refractivity contribution >= 4 is 22.9 Å². The van der Waals surface area contributed by atoms with Gasteiger partial charge in [0, 0.05) is 28.4 Å². The first kappa shape index (κ1) is 14.1. The molecule has 0 spiro atoms. The van der Waals surface area contributed by atoms with E-state index in [0.717, 1.165) is 11.3 Å². The third-order valence-corrected chi connectivity index (χ3v) is 3.23. The second-order valence-electron chi connectivity index (χ2n) is 4.08. The van der Waals surface area contributed by atoms with Crippen molar-refractivity contribution in [1.29, 1.82) is 0 Å². The van der Waals surface area contributed by atoms with Crippen molar-refractivity contribution in [3.63, 3.8) is 0 Å². The molecule has 0 bridgehead atoms. The highest BCUT2D eigenvalue weighted by atomic mass is 32.1. The molecule has 0 radical (unpaired) electrons. The van der Waals surface area contributed by atoms with Gasteiger partial charge >= 0.3 is 4.87 Å². The molecule has 1 amide bonds. The number of nitrogens with one attached hydrogen (secondary N) is 2. The molecular weight excluding hydrogens is 278 g/mol. The number of carbonyl (C=O) groups excluding carboxylic acids is 1. The summed E-state index contributed by atoms with van der Waals surface area (Å²) in [7, 11) is 0. The van der Waals surface area contributed by atoms with E-state index in [1.807, 2.05) is 6.92 Å². The predicted octanol–water partition coefficient (Wildman–Crippen LogP) is 1.35. The van der Waals surface area contributed by atoms with Crippen molar-refractivity contribution < 1.29 is 9.53 Å². The number of ether oxygens (including phenoxy) is 1. The van der Waals surface area contributed by atoms with Crippen LogP contribution < -0.4 is 20.7 Å². The minimum atomic E-state index is -0.273. The Bertz CT molecular complexity index is 663. The van der Waals surface area contributed by atoms with Gasteiger partial charge in [-0.15, -0.1) is 0 Å². The van der Waals surface area contributed by atoms with E-state index in [1.54, 1.807) is 23.6 Å². The zero-order valence-electron chi connectivity index (χ0n) is 10.9. The van der Waals surface area contributed by atoms with Gasteiger partial charge in [-0.05, 0) is 19.1 Å². The fraction of sp³-hybridized carbons (Fsp3) is 0.231. The number of hydrogen-bond donors (Lipinski definition) is 3. The Morgan fingerprint density at radius 1 is 1.45 bits per heavy atom. The maximum atomic E-state index is 12.0. The molecule has 1 heterocycles. The molecule has 4 N–H and O–H groups in total. The summed E-state index contributed by atoms with van der Waals surface area (Å²) in [5.74, 6) is 0.284. The Labute approximate surface area is 119 Å². The van der Waals surface area contributed by atoms with Gasteiger partial charge in [0.15, 0.2) is 0 Å². The van der Waals surface area contributed by atoms with Crippen LogP contribution in [0.4, 0.5) is 5.69 Å². The molecule has 0 saturated carbocycles. The lowest BCUT2D eigenvalue weighted by Crippen LogP contribution is -2.23. The van der Waals surface area contributed by atoms with Gasteiger partial charge in [-0.1, -0.05) is 11.3 Å². The zero-order valence-corrected chi connectivity index (χ0v) is 11.8. The third kappa shape index (κ3) is 3.61. The molecule has 0 unspecified atom stereocenters. The molecule has 0 aliphatic rings. The molecule has 0 atom stereocenters. The van der Waals surface area contributed by atoms with Crippen molar-refractivity contribution in [2.45, 2.75) is 13.5 Å².